The van der Waals surface area contributed by atoms with Crippen molar-refractivity contribution in [1.29, 1.82) is 0 Å². The number of rotatable bonds is 6. The lowest BCUT2D eigenvalue weighted by molar-refractivity contribution is -0.133. The molecule has 0 radical (unpaired) electrons. The smallest absolute Gasteiger partial charge is 0.239 e. The Morgan fingerprint density at radius 3 is 2.88 bits per heavy atom. The lowest BCUT2D eigenvalue weighted by Crippen LogP contribution is -2.43. The van der Waals surface area contributed by atoms with Crippen molar-refractivity contribution in [2.75, 3.05) is 26.2 Å². The average Bonchev–Trinajstić information content (AvgIpc) is 2.62. The number of carbonyl (C=O) groups is 2. The Kier molecular flexibility index (Phi) is 5.25. The van der Waals surface area contributed by atoms with Crippen molar-refractivity contribution in [3.63, 3.8) is 0 Å². The van der Waals surface area contributed by atoms with Crippen molar-refractivity contribution in [2.24, 2.45) is 0 Å². The van der Waals surface area contributed by atoms with Gasteiger partial charge in [0.2, 0.25) is 11.8 Å². The van der Waals surface area contributed by atoms with Crippen molar-refractivity contribution >= 4 is 11.8 Å². The average molecular weight is 227 g/mol. The molecular weight excluding hydrogens is 206 g/mol. The molecule has 0 spiro atoms. The number of likely N-dealkylation sites (N-methyl/N-ethyl adjacent to an activating group) is 1. The first-order valence-corrected chi connectivity index (χ1v) is 5.91. The number of nitrogens with zero attached hydrogens (tertiary/aromatic N) is 1. The maximum atomic E-state index is 11.5. The van der Waals surface area contributed by atoms with Crippen LogP contribution in [0.1, 0.15) is 26.7 Å². The van der Waals surface area contributed by atoms with Gasteiger partial charge >= 0.3 is 0 Å². The van der Waals surface area contributed by atoms with Crippen LogP contribution < -0.4 is 10.6 Å². The number of carbonyl (C=O) groups excluding carboxylic acids is 2. The Morgan fingerprint density at radius 1 is 1.56 bits per heavy atom. The molecule has 2 N–H and O–H groups in total. The van der Waals surface area contributed by atoms with Crippen LogP contribution in [0.25, 0.3) is 0 Å². The maximum Gasteiger partial charge on any atom is 0.239 e. The van der Waals surface area contributed by atoms with Gasteiger partial charge in [0.25, 0.3) is 0 Å². The first kappa shape index (κ1) is 13.0. The molecule has 0 aliphatic carbocycles. The summed E-state index contributed by atoms with van der Waals surface area (Å²) in [7, 11) is 0. The van der Waals surface area contributed by atoms with E-state index in [0.717, 1.165) is 19.5 Å². The summed E-state index contributed by atoms with van der Waals surface area (Å²) in [6.07, 6.45) is 1.46. The van der Waals surface area contributed by atoms with Crippen LogP contribution in [-0.2, 0) is 9.59 Å². The standard InChI is InChI=1S/C11H21N3O2/c1-3-12-9(2)7-13-10(15)8-14-6-4-5-11(14)16/h9,12H,3-8H2,1-2H3,(H,13,15)/t9-/m1/s1. The Morgan fingerprint density at radius 2 is 2.31 bits per heavy atom. The summed E-state index contributed by atoms with van der Waals surface area (Å²) in [5, 5.41) is 6.03. The summed E-state index contributed by atoms with van der Waals surface area (Å²) in [5.74, 6) is 0.0230. The third-order valence-electron chi connectivity index (χ3n) is 2.66. The highest BCUT2D eigenvalue weighted by molar-refractivity contribution is 5.85. The Balaban J connectivity index is 2.18. The van der Waals surface area contributed by atoms with Gasteiger partial charge in [0.15, 0.2) is 0 Å². The minimum Gasteiger partial charge on any atom is -0.353 e. The van der Waals surface area contributed by atoms with Crippen LogP contribution in [0.2, 0.25) is 0 Å². The van der Waals surface area contributed by atoms with Gasteiger partial charge in [-0.05, 0) is 19.9 Å². The van der Waals surface area contributed by atoms with Crippen molar-refractivity contribution in [1.82, 2.24) is 15.5 Å². The summed E-state index contributed by atoms with van der Waals surface area (Å²) in [4.78, 5) is 24.4. The third kappa shape index (κ3) is 4.18. The maximum absolute atomic E-state index is 11.5. The predicted molar refractivity (Wildman–Crippen MR) is 62.0 cm³/mol. The fraction of sp³-hybridized carbons (Fsp3) is 0.818. The third-order valence-corrected chi connectivity index (χ3v) is 2.66. The van der Waals surface area contributed by atoms with E-state index in [9.17, 15) is 9.59 Å². The largest absolute Gasteiger partial charge is 0.353 e. The normalized spacial score (nSPS) is 17.6. The molecule has 1 atom stereocenters. The molecule has 0 unspecified atom stereocenters. The molecule has 1 aliphatic rings. The van der Waals surface area contributed by atoms with Crippen molar-refractivity contribution < 1.29 is 9.59 Å². The highest BCUT2D eigenvalue weighted by atomic mass is 16.2. The van der Waals surface area contributed by atoms with Crippen molar-refractivity contribution in [3.05, 3.63) is 0 Å². The van der Waals surface area contributed by atoms with E-state index in [4.69, 9.17) is 0 Å². The van der Waals surface area contributed by atoms with Crippen molar-refractivity contribution in [3.8, 4) is 0 Å². The summed E-state index contributed by atoms with van der Waals surface area (Å²) < 4.78 is 0. The molecule has 0 aromatic carbocycles. The van der Waals surface area contributed by atoms with Gasteiger partial charge < -0.3 is 15.5 Å². The van der Waals surface area contributed by atoms with Gasteiger partial charge in [-0.15, -0.1) is 0 Å². The second-order valence-corrected chi connectivity index (χ2v) is 4.18. The molecule has 0 saturated carbocycles. The quantitative estimate of drug-likeness (QED) is 0.656. The fourth-order valence-corrected chi connectivity index (χ4v) is 1.79. The van der Waals surface area contributed by atoms with Crippen LogP contribution in [0.5, 0.6) is 0 Å². The Hall–Kier alpha value is -1.10. The van der Waals surface area contributed by atoms with E-state index in [2.05, 4.69) is 10.6 Å². The fourth-order valence-electron chi connectivity index (χ4n) is 1.79. The van der Waals surface area contributed by atoms with Gasteiger partial charge in [0.05, 0.1) is 6.54 Å². The molecule has 1 heterocycles. The SMILES string of the molecule is CCN[C@H](C)CNC(=O)CN1CCCC1=O. The minimum atomic E-state index is -0.0694. The van der Waals surface area contributed by atoms with Gasteiger partial charge in [-0.3, -0.25) is 9.59 Å². The van der Waals surface area contributed by atoms with Gasteiger partial charge in [-0.2, -0.15) is 0 Å². The summed E-state index contributed by atoms with van der Waals surface area (Å²) in [5.41, 5.74) is 0. The van der Waals surface area contributed by atoms with Crippen molar-refractivity contribution in [2.45, 2.75) is 32.7 Å². The Labute approximate surface area is 96.6 Å². The van der Waals surface area contributed by atoms with Crippen LogP contribution >= 0.6 is 0 Å². The molecule has 1 rings (SSSR count). The molecule has 92 valence electrons. The number of amides is 2. The Bertz CT molecular complexity index is 256. The molecule has 1 aliphatic heterocycles. The van der Waals surface area contributed by atoms with Gasteiger partial charge in [-0.25, -0.2) is 0 Å². The first-order chi connectivity index (χ1) is 7.63. The summed E-state index contributed by atoms with van der Waals surface area (Å²) >= 11 is 0. The zero-order chi connectivity index (χ0) is 12.0. The lowest BCUT2D eigenvalue weighted by Gasteiger charge is -2.17. The van der Waals surface area contributed by atoms with Crippen LogP contribution in [-0.4, -0.2) is 48.9 Å². The minimum absolute atomic E-state index is 0.0694. The number of hydrogen-bond donors (Lipinski definition) is 2. The molecule has 16 heavy (non-hydrogen) atoms. The van der Waals surface area contributed by atoms with Crippen LogP contribution in [0.15, 0.2) is 0 Å². The topological polar surface area (TPSA) is 61.4 Å². The summed E-state index contributed by atoms with van der Waals surface area (Å²) in [6.45, 7) is 6.47. The zero-order valence-electron chi connectivity index (χ0n) is 10.1. The first-order valence-electron chi connectivity index (χ1n) is 5.91. The predicted octanol–water partition coefficient (Wildman–Crippen LogP) is -0.277. The second-order valence-electron chi connectivity index (χ2n) is 4.18. The van der Waals surface area contributed by atoms with Gasteiger partial charge in [0.1, 0.15) is 0 Å². The number of likely N-dealkylation sites (tertiary alicyclic amines) is 1. The van der Waals surface area contributed by atoms with E-state index in [1.165, 1.54) is 0 Å². The lowest BCUT2D eigenvalue weighted by atomic mass is 10.3. The van der Waals surface area contributed by atoms with Crippen LogP contribution in [0, 0.1) is 0 Å². The molecule has 5 nitrogen and oxygen atoms in total. The molecule has 0 bridgehead atoms. The van der Waals surface area contributed by atoms with E-state index in [1.54, 1.807) is 4.90 Å². The molecule has 5 heteroatoms. The molecule has 0 aromatic rings. The molecule has 0 aromatic heterocycles. The number of hydrogen-bond acceptors (Lipinski definition) is 3. The van der Waals surface area contributed by atoms with E-state index < -0.39 is 0 Å². The van der Waals surface area contributed by atoms with Gasteiger partial charge in [-0.1, -0.05) is 6.92 Å². The summed E-state index contributed by atoms with van der Waals surface area (Å²) in [6, 6.07) is 0.267. The number of nitrogens with one attached hydrogen (secondary N) is 2. The zero-order valence-corrected chi connectivity index (χ0v) is 10.1. The molecule has 1 saturated heterocycles. The van der Waals surface area contributed by atoms with Gasteiger partial charge in [0, 0.05) is 25.6 Å². The van der Waals surface area contributed by atoms with E-state index in [0.29, 0.717) is 13.0 Å². The van der Waals surface area contributed by atoms with Crippen LogP contribution in [0.4, 0.5) is 0 Å². The highest BCUT2D eigenvalue weighted by Gasteiger charge is 2.22. The molecule has 2 amide bonds. The van der Waals surface area contributed by atoms with E-state index >= 15 is 0 Å². The van der Waals surface area contributed by atoms with Crippen LogP contribution in [0.3, 0.4) is 0 Å². The van der Waals surface area contributed by atoms with E-state index in [1.807, 2.05) is 13.8 Å². The second kappa shape index (κ2) is 6.48. The molecular formula is C11H21N3O2. The molecule has 1 fully saturated rings. The monoisotopic (exact) mass is 227 g/mol. The van der Waals surface area contributed by atoms with E-state index in [-0.39, 0.29) is 24.4 Å². The highest BCUT2D eigenvalue weighted by Crippen LogP contribution is 2.08.